The third-order valence-corrected chi connectivity index (χ3v) is 2.52. The van der Waals surface area contributed by atoms with Crippen molar-refractivity contribution < 1.29 is 23.1 Å². The molecule has 4 nitrogen and oxygen atoms in total. The summed E-state index contributed by atoms with van der Waals surface area (Å²) in [4.78, 5) is 17.5. The van der Waals surface area contributed by atoms with Gasteiger partial charge in [0.05, 0.1) is 5.69 Å². The number of aromatic carboxylic acids is 1. The van der Waals surface area contributed by atoms with Crippen LogP contribution in [0, 0.1) is 6.92 Å². The second-order valence-corrected chi connectivity index (χ2v) is 4.13. The molecule has 0 aliphatic rings. The second-order valence-electron chi connectivity index (χ2n) is 4.13. The maximum Gasteiger partial charge on any atom is 0.433 e. The monoisotopic (exact) mass is 282 g/mol. The van der Waals surface area contributed by atoms with Crippen LogP contribution < -0.4 is 0 Å². The minimum atomic E-state index is -4.73. The molecule has 0 aliphatic heterocycles. The lowest BCUT2D eigenvalue weighted by Crippen LogP contribution is -2.14. The van der Waals surface area contributed by atoms with E-state index in [0.29, 0.717) is 5.56 Å². The lowest BCUT2D eigenvalue weighted by molar-refractivity contribution is -0.141. The third kappa shape index (κ3) is 2.93. The molecule has 2 aromatic rings. The van der Waals surface area contributed by atoms with Gasteiger partial charge in [-0.15, -0.1) is 0 Å². The summed E-state index contributed by atoms with van der Waals surface area (Å²) in [6.07, 6.45) is -4.73. The molecule has 104 valence electrons. The maximum absolute atomic E-state index is 12.7. The van der Waals surface area contributed by atoms with Gasteiger partial charge in [-0.25, -0.2) is 14.8 Å². The molecule has 0 fully saturated rings. The number of hydrogen-bond acceptors (Lipinski definition) is 3. The van der Waals surface area contributed by atoms with E-state index < -0.39 is 23.7 Å². The first-order valence-electron chi connectivity index (χ1n) is 5.54. The average molecular weight is 282 g/mol. The number of benzene rings is 1. The first-order valence-corrected chi connectivity index (χ1v) is 5.54. The summed E-state index contributed by atoms with van der Waals surface area (Å²) < 4.78 is 38.2. The molecule has 0 radical (unpaired) electrons. The SMILES string of the molecule is Cc1cccc(-c2cc(C(F)(F)F)nc(C(=O)O)n2)c1. The van der Waals surface area contributed by atoms with E-state index in [1.165, 1.54) is 0 Å². The number of halogens is 3. The second kappa shape index (κ2) is 4.92. The average Bonchev–Trinajstić information content (AvgIpc) is 2.37. The Hall–Kier alpha value is -2.44. The Kier molecular flexibility index (Phi) is 3.44. The van der Waals surface area contributed by atoms with Crippen molar-refractivity contribution in [1.29, 1.82) is 0 Å². The van der Waals surface area contributed by atoms with Crippen LogP contribution in [0.5, 0.6) is 0 Å². The minimum Gasteiger partial charge on any atom is -0.475 e. The van der Waals surface area contributed by atoms with Crippen molar-refractivity contribution in [2.45, 2.75) is 13.1 Å². The molecule has 0 spiro atoms. The molecule has 0 aliphatic carbocycles. The lowest BCUT2D eigenvalue weighted by atomic mass is 10.1. The molecule has 0 unspecified atom stereocenters. The molecule has 0 bridgehead atoms. The zero-order valence-corrected chi connectivity index (χ0v) is 10.3. The Morgan fingerprint density at radius 2 is 1.90 bits per heavy atom. The van der Waals surface area contributed by atoms with Crippen molar-refractivity contribution in [3.05, 3.63) is 47.4 Å². The highest BCUT2D eigenvalue weighted by atomic mass is 19.4. The van der Waals surface area contributed by atoms with E-state index in [-0.39, 0.29) is 5.69 Å². The largest absolute Gasteiger partial charge is 0.475 e. The zero-order valence-electron chi connectivity index (χ0n) is 10.3. The van der Waals surface area contributed by atoms with E-state index in [1.807, 2.05) is 0 Å². The Morgan fingerprint density at radius 3 is 2.45 bits per heavy atom. The standard InChI is InChI=1S/C13H9F3N2O2/c1-7-3-2-4-8(5-7)9-6-10(13(14,15)16)18-11(17-9)12(19)20/h2-6H,1H3,(H,19,20). The van der Waals surface area contributed by atoms with Gasteiger partial charge in [-0.2, -0.15) is 13.2 Å². The number of nitrogens with zero attached hydrogens (tertiary/aromatic N) is 2. The van der Waals surface area contributed by atoms with Crippen LogP contribution in [0.3, 0.4) is 0 Å². The van der Waals surface area contributed by atoms with Crippen LogP contribution in [0.25, 0.3) is 11.3 Å². The van der Waals surface area contributed by atoms with Gasteiger partial charge < -0.3 is 5.11 Å². The number of carboxylic acids is 1. The summed E-state index contributed by atoms with van der Waals surface area (Å²) in [6.45, 7) is 1.77. The molecule has 2 rings (SSSR count). The van der Waals surface area contributed by atoms with Gasteiger partial charge in [0.1, 0.15) is 5.69 Å². The van der Waals surface area contributed by atoms with E-state index >= 15 is 0 Å². The van der Waals surface area contributed by atoms with Crippen molar-refractivity contribution in [1.82, 2.24) is 9.97 Å². The molecule has 7 heteroatoms. The highest BCUT2D eigenvalue weighted by Gasteiger charge is 2.34. The topological polar surface area (TPSA) is 63.1 Å². The van der Waals surface area contributed by atoms with E-state index in [0.717, 1.165) is 11.6 Å². The first kappa shape index (κ1) is 14.0. The number of carboxylic acid groups (broad SMARTS) is 1. The summed E-state index contributed by atoms with van der Waals surface area (Å²) in [6, 6.07) is 7.34. The molecular formula is C13H9F3N2O2. The quantitative estimate of drug-likeness (QED) is 0.919. The van der Waals surface area contributed by atoms with Crippen LogP contribution in [0.2, 0.25) is 0 Å². The van der Waals surface area contributed by atoms with E-state index in [9.17, 15) is 18.0 Å². The Labute approximate surface area is 111 Å². The summed E-state index contributed by atoms with van der Waals surface area (Å²) in [5.74, 6) is -2.48. The van der Waals surface area contributed by atoms with E-state index in [2.05, 4.69) is 9.97 Å². The summed E-state index contributed by atoms with van der Waals surface area (Å²) in [7, 11) is 0. The van der Waals surface area contributed by atoms with Gasteiger partial charge >= 0.3 is 12.1 Å². The van der Waals surface area contributed by atoms with E-state index in [4.69, 9.17) is 5.11 Å². The Bertz CT molecular complexity index is 669. The molecular weight excluding hydrogens is 273 g/mol. The Morgan fingerprint density at radius 1 is 1.20 bits per heavy atom. The van der Waals surface area contributed by atoms with Crippen LogP contribution in [-0.4, -0.2) is 21.0 Å². The van der Waals surface area contributed by atoms with Crippen molar-refractivity contribution in [3.8, 4) is 11.3 Å². The van der Waals surface area contributed by atoms with Crippen molar-refractivity contribution in [2.24, 2.45) is 0 Å². The fraction of sp³-hybridized carbons (Fsp3) is 0.154. The predicted molar refractivity (Wildman–Crippen MR) is 64.2 cm³/mol. The van der Waals surface area contributed by atoms with Gasteiger partial charge in [0.15, 0.2) is 0 Å². The third-order valence-electron chi connectivity index (χ3n) is 2.52. The molecule has 1 aromatic carbocycles. The summed E-state index contributed by atoms with van der Waals surface area (Å²) in [5.41, 5.74) is -0.123. The molecule has 0 amide bonds. The van der Waals surface area contributed by atoms with Crippen molar-refractivity contribution in [3.63, 3.8) is 0 Å². The van der Waals surface area contributed by atoms with Crippen LogP contribution in [0.15, 0.2) is 30.3 Å². The Balaban J connectivity index is 2.64. The minimum absolute atomic E-state index is 0.0755. The van der Waals surface area contributed by atoms with Crippen LogP contribution in [0.4, 0.5) is 13.2 Å². The lowest BCUT2D eigenvalue weighted by Gasteiger charge is -2.09. The molecule has 1 heterocycles. The fourth-order valence-corrected chi connectivity index (χ4v) is 1.64. The van der Waals surface area contributed by atoms with Gasteiger partial charge in [0, 0.05) is 5.56 Å². The molecule has 0 saturated heterocycles. The highest BCUT2D eigenvalue weighted by molar-refractivity contribution is 5.84. The van der Waals surface area contributed by atoms with Crippen LogP contribution in [0.1, 0.15) is 21.9 Å². The number of alkyl halides is 3. The van der Waals surface area contributed by atoms with Gasteiger partial charge in [-0.05, 0) is 19.1 Å². The molecule has 20 heavy (non-hydrogen) atoms. The summed E-state index contributed by atoms with van der Waals surface area (Å²) >= 11 is 0. The van der Waals surface area contributed by atoms with Crippen molar-refractivity contribution in [2.75, 3.05) is 0 Å². The van der Waals surface area contributed by atoms with Gasteiger partial charge in [-0.1, -0.05) is 23.8 Å². The molecule has 0 saturated carbocycles. The van der Waals surface area contributed by atoms with Crippen LogP contribution >= 0.6 is 0 Å². The van der Waals surface area contributed by atoms with Crippen LogP contribution in [-0.2, 0) is 6.18 Å². The smallest absolute Gasteiger partial charge is 0.433 e. The fourth-order valence-electron chi connectivity index (χ4n) is 1.64. The number of aromatic nitrogens is 2. The highest BCUT2D eigenvalue weighted by Crippen LogP contribution is 2.30. The van der Waals surface area contributed by atoms with E-state index in [1.54, 1.807) is 31.2 Å². The van der Waals surface area contributed by atoms with Crippen molar-refractivity contribution >= 4 is 5.97 Å². The number of rotatable bonds is 2. The predicted octanol–water partition coefficient (Wildman–Crippen LogP) is 3.17. The summed E-state index contributed by atoms with van der Waals surface area (Å²) in [5, 5.41) is 8.81. The molecule has 0 atom stereocenters. The number of aryl methyl sites for hydroxylation is 1. The number of carbonyl (C=O) groups is 1. The maximum atomic E-state index is 12.7. The van der Waals surface area contributed by atoms with Gasteiger partial charge in [-0.3, -0.25) is 0 Å². The van der Waals surface area contributed by atoms with Gasteiger partial charge in [0.2, 0.25) is 5.82 Å². The first-order chi connectivity index (χ1) is 9.27. The normalized spacial score (nSPS) is 11.4. The molecule has 1 aromatic heterocycles. The molecule has 1 N–H and O–H groups in total. The zero-order chi connectivity index (χ0) is 14.9. The number of hydrogen-bond donors (Lipinski definition) is 1. The van der Waals surface area contributed by atoms with Gasteiger partial charge in [0.25, 0.3) is 0 Å².